The highest BCUT2D eigenvalue weighted by molar-refractivity contribution is 5.95. The molecule has 1 N–H and O–H groups in total. The van der Waals surface area contributed by atoms with E-state index >= 15 is 0 Å². The number of aromatic hydroxyl groups is 1. The van der Waals surface area contributed by atoms with Crippen LogP contribution in [0.25, 0.3) is 0 Å². The normalized spacial score (nSPS) is 12.2. The highest BCUT2D eigenvalue weighted by Crippen LogP contribution is 2.19. The molecular weight excluding hydrogens is 194 g/mol. The summed E-state index contributed by atoms with van der Waals surface area (Å²) in [5.74, 6) is -0.0136. The number of phenols is 1. The lowest BCUT2D eigenvalue weighted by Gasteiger charge is -2.20. The summed E-state index contributed by atoms with van der Waals surface area (Å²) in [7, 11) is 3.13. The van der Waals surface area contributed by atoms with E-state index in [9.17, 15) is 9.90 Å². The van der Waals surface area contributed by atoms with Crippen molar-refractivity contribution in [3.8, 4) is 5.75 Å². The molecule has 0 aromatic heterocycles. The van der Waals surface area contributed by atoms with E-state index in [2.05, 4.69) is 0 Å². The lowest BCUT2D eigenvalue weighted by molar-refractivity contribution is -0.127. The fraction of sp³-hybridized carbons (Fsp3) is 0.364. The minimum absolute atomic E-state index is 0.136. The second kappa shape index (κ2) is 4.79. The van der Waals surface area contributed by atoms with Crippen LogP contribution in [-0.4, -0.2) is 31.3 Å². The molecule has 4 heteroatoms. The van der Waals surface area contributed by atoms with E-state index in [0.29, 0.717) is 5.69 Å². The van der Waals surface area contributed by atoms with E-state index in [1.807, 2.05) is 0 Å². The van der Waals surface area contributed by atoms with Crippen LogP contribution in [0.2, 0.25) is 0 Å². The standard InChI is InChI=1S/C11H15NO3/c1-8(15-3)11(14)12(2)9-5-4-6-10(13)7-9/h4-8,13H,1-3H3. The highest BCUT2D eigenvalue weighted by Gasteiger charge is 2.17. The van der Waals surface area contributed by atoms with Gasteiger partial charge < -0.3 is 14.7 Å². The van der Waals surface area contributed by atoms with Gasteiger partial charge in [-0.05, 0) is 19.1 Å². The van der Waals surface area contributed by atoms with Crippen LogP contribution >= 0.6 is 0 Å². The Morgan fingerprint density at radius 2 is 2.20 bits per heavy atom. The van der Waals surface area contributed by atoms with Crippen LogP contribution < -0.4 is 4.90 Å². The van der Waals surface area contributed by atoms with Gasteiger partial charge in [0.25, 0.3) is 5.91 Å². The number of ether oxygens (including phenoxy) is 1. The summed E-state index contributed by atoms with van der Waals surface area (Å²) in [6, 6.07) is 6.52. The van der Waals surface area contributed by atoms with Gasteiger partial charge in [-0.2, -0.15) is 0 Å². The first-order valence-corrected chi connectivity index (χ1v) is 4.65. The average Bonchev–Trinajstić information content (AvgIpc) is 2.26. The van der Waals surface area contributed by atoms with E-state index in [1.54, 1.807) is 32.2 Å². The summed E-state index contributed by atoms with van der Waals surface area (Å²) in [5.41, 5.74) is 0.643. The maximum absolute atomic E-state index is 11.7. The molecule has 0 aliphatic rings. The second-order valence-corrected chi connectivity index (χ2v) is 3.30. The van der Waals surface area contributed by atoms with Crippen molar-refractivity contribution < 1.29 is 14.6 Å². The molecule has 0 bridgehead atoms. The molecule has 1 amide bonds. The lowest BCUT2D eigenvalue weighted by atomic mass is 10.2. The maximum atomic E-state index is 11.7. The summed E-state index contributed by atoms with van der Waals surface area (Å²) >= 11 is 0. The van der Waals surface area contributed by atoms with Gasteiger partial charge >= 0.3 is 0 Å². The molecule has 0 radical (unpaired) electrons. The Labute approximate surface area is 89.1 Å². The van der Waals surface area contributed by atoms with Crippen LogP contribution in [0.1, 0.15) is 6.92 Å². The number of rotatable bonds is 3. The number of hydrogen-bond acceptors (Lipinski definition) is 3. The topological polar surface area (TPSA) is 49.8 Å². The van der Waals surface area contributed by atoms with Gasteiger partial charge in [-0.3, -0.25) is 4.79 Å². The Bertz CT molecular complexity index is 351. The van der Waals surface area contributed by atoms with Crippen molar-refractivity contribution in [1.29, 1.82) is 0 Å². The molecule has 0 spiro atoms. The summed E-state index contributed by atoms with van der Waals surface area (Å²) in [6.45, 7) is 1.68. The summed E-state index contributed by atoms with van der Waals surface area (Å²) in [4.78, 5) is 13.2. The molecule has 82 valence electrons. The van der Waals surface area contributed by atoms with Crippen LogP contribution in [0.3, 0.4) is 0 Å². The fourth-order valence-corrected chi connectivity index (χ4v) is 1.20. The Morgan fingerprint density at radius 1 is 1.53 bits per heavy atom. The van der Waals surface area contributed by atoms with E-state index in [4.69, 9.17) is 4.74 Å². The SMILES string of the molecule is COC(C)C(=O)N(C)c1cccc(O)c1. The number of likely N-dealkylation sites (N-methyl/N-ethyl adjacent to an activating group) is 1. The maximum Gasteiger partial charge on any atom is 0.255 e. The number of phenolic OH excluding ortho intramolecular Hbond substituents is 1. The smallest absolute Gasteiger partial charge is 0.255 e. The van der Waals surface area contributed by atoms with Crippen LogP contribution in [0, 0.1) is 0 Å². The molecule has 0 heterocycles. The third-order valence-corrected chi connectivity index (χ3v) is 2.25. The van der Waals surface area contributed by atoms with Gasteiger partial charge in [0, 0.05) is 25.9 Å². The van der Waals surface area contributed by atoms with Gasteiger partial charge in [0.1, 0.15) is 11.9 Å². The molecule has 15 heavy (non-hydrogen) atoms. The largest absolute Gasteiger partial charge is 0.508 e. The van der Waals surface area contributed by atoms with Gasteiger partial charge in [-0.25, -0.2) is 0 Å². The predicted octanol–water partition coefficient (Wildman–Crippen LogP) is 1.39. The summed E-state index contributed by atoms with van der Waals surface area (Å²) < 4.78 is 4.93. The quantitative estimate of drug-likeness (QED) is 0.818. The second-order valence-electron chi connectivity index (χ2n) is 3.30. The lowest BCUT2D eigenvalue weighted by Crippen LogP contribution is -2.35. The van der Waals surface area contributed by atoms with Crippen LogP contribution in [0.4, 0.5) is 5.69 Å². The van der Waals surface area contributed by atoms with E-state index in [1.165, 1.54) is 18.1 Å². The number of amides is 1. The number of benzene rings is 1. The highest BCUT2D eigenvalue weighted by atomic mass is 16.5. The zero-order valence-electron chi connectivity index (χ0n) is 9.10. The van der Waals surface area contributed by atoms with Crippen molar-refractivity contribution in [1.82, 2.24) is 0 Å². The van der Waals surface area contributed by atoms with Gasteiger partial charge in [0.2, 0.25) is 0 Å². The Hall–Kier alpha value is -1.55. The molecule has 0 saturated carbocycles. The molecule has 1 aromatic rings. The van der Waals surface area contributed by atoms with Crippen molar-refractivity contribution in [2.75, 3.05) is 19.1 Å². The van der Waals surface area contributed by atoms with Crippen molar-refractivity contribution >= 4 is 11.6 Å². The van der Waals surface area contributed by atoms with E-state index in [-0.39, 0.29) is 11.7 Å². The van der Waals surface area contributed by atoms with Gasteiger partial charge in [-0.1, -0.05) is 6.07 Å². The molecule has 4 nitrogen and oxygen atoms in total. The first-order chi connectivity index (χ1) is 7.06. The molecule has 0 aliphatic carbocycles. The average molecular weight is 209 g/mol. The Morgan fingerprint density at radius 3 is 2.73 bits per heavy atom. The zero-order chi connectivity index (χ0) is 11.4. The van der Waals surface area contributed by atoms with Crippen LogP contribution in [0.5, 0.6) is 5.75 Å². The molecule has 0 aliphatic heterocycles. The number of methoxy groups -OCH3 is 1. The Balaban J connectivity index is 2.85. The van der Waals surface area contributed by atoms with Gasteiger partial charge in [-0.15, -0.1) is 0 Å². The fourth-order valence-electron chi connectivity index (χ4n) is 1.20. The number of anilines is 1. The molecule has 0 fully saturated rings. The Kier molecular flexibility index (Phi) is 3.68. The summed E-state index contributed by atoms with van der Waals surface area (Å²) in [5, 5.41) is 9.27. The van der Waals surface area contributed by atoms with Crippen molar-refractivity contribution in [2.24, 2.45) is 0 Å². The number of carbonyl (C=O) groups is 1. The monoisotopic (exact) mass is 209 g/mol. The minimum Gasteiger partial charge on any atom is -0.508 e. The number of nitrogens with zero attached hydrogens (tertiary/aromatic N) is 1. The van der Waals surface area contributed by atoms with Crippen LogP contribution in [0.15, 0.2) is 24.3 Å². The van der Waals surface area contributed by atoms with Crippen molar-refractivity contribution in [2.45, 2.75) is 13.0 Å². The van der Waals surface area contributed by atoms with Crippen molar-refractivity contribution in [3.63, 3.8) is 0 Å². The van der Waals surface area contributed by atoms with Gasteiger partial charge in [0.05, 0.1) is 0 Å². The molecule has 1 atom stereocenters. The molecule has 1 unspecified atom stereocenters. The third-order valence-electron chi connectivity index (χ3n) is 2.25. The predicted molar refractivity (Wildman–Crippen MR) is 58.0 cm³/mol. The third kappa shape index (κ3) is 2.70. The van der Waals surface area contributed by atoms with Crippen LogP contribution in [-0.2, 0) is 9.53 Å². The van der Waals surface area contributed by atoms with E-state index in [0.717, 1.165) is 0 Å². The molecular formula is C11H15NO3. The zero-order valence-corrected chi connectivity index (χ0v) is 9.10. The first kappa shape index (κ1) is 11.5. The molecule has 0 saturated heterocycles. The minimum atomic E-state index is -0.489. The first-order valence-electron chi connectivity index (χ1n) is 4.65. The molecule has 1 aromatic carbocycles. The van der Waals surface area contributed by atoms with Crippen molar-refractivity contribution in [3.05, 3.63) is 24.3 Å². The van der Waals surface area contributed by atoms with Gasteiger partial charge in [0.15, 0.2) is 0 Å². The molecule has 1 rings (SSSR count). The van der Waals surface area contributed by atoms with E-state index < -0.39 is 6.10 Å². The number of hydrogen-bond donors (Lipinski definition) is 1. The summed E-state index contributed by atoms with van der Waals surface area (Å²) in [6.07, 6.45) is -0.489. The number of carbonyl (C=O) groups excluding carboxylic acids is 1.